The van der Waals surface area contributed by atoms with E-state index in [1.165, 1.54) is 12.1 Å². The van der Waals surface area contributed by atoms with Crippen LogP contribution in [0, 0.1) is 11.7 Å². The number of hydrogen-bond acceptors (Lipinski definition) is 5. The highest BCUT2D eigenvalue weighted by Crippen LogP contribution is 2.45. The van der Waals surface area contributed by atoms with Crippen molar-refractivity contribution in [3.05, 3.63) is 62.9 Å². The number of aliphatic carboxylic acids is 1. The number of halogens is 3. The number of piperidine rings is 1. The van der Waals surface area contributed by atoms with Crippen LogP contribution in [0.5, 0.6) is 5.75 Å². The van der Waals surface area contributed by atoms with Crippen LogP contribution in [0.15, 0.2) is 30.3 Å². The smallest absolute Gasteiger partial charge is 0.328 e. The molecule has 10 heteroatoms. The van der Waals surface area contributed by atoms with E-state index in [9.17, 15) is 14.7 Å². The van der Waals surface area contributed by atoms with Crippen LogP contribution in [-0.2, 0) is 16.1 Å². The number of nitrogens with zero attached hydrogens (tertiary/aromatic N) is 2. The topological polar surface area (TPSA) is 79.3 Å². The van der Waals surface area contributed by atoms with Gasteiger partial charge in [0.2, 0.25) is 0 Å². The first-order chi connectivity index (χ1) is 17.8. The summed E-state index contributed by atoms with van der Waals surface area (Å²) in [7, 11) is 0. The number of benzene rings is 2. The Kier molecular flexibility index (Phi) is 7.91. The monoisotopic (exact) mass is 550 g/mol. The molecule has 37 heavy (non-hydrogen) atoms. The Labute approximate surface area is 225 Å². The first-order valence-electron chi connectivity index (χ1n) is 12.5. The third-order valence-electron chi connectivity index (χ3n) is 7.40. The van der Waals surface area contributed by atoms with Crippen LogP contribution in [0.2, 0.25) is 10.0 Å². The second-order valence-electron chi connectivity index (χ2n) is 10.0. The molecule has 1 saturated carbocycles. The van der Waals surface area contributed by atoms with Gasteiger partial charge in [0, 0.05) is 28.2 Å². The highest BCUT2D eigenvalue weighted by atomic mass is 35.5. The van der Waals surface area contributed by atoms with Crippen molar-refractivity contribution in [3.63, 3.8) is 0 Å². The molecule has 1 N–H and O–H groups in total. The second-order valence-corrected chi connectivity index (χ2v) is 10.8. The third-order valence-corrected chi connectivity index (χ3v) is 8.11. The summed E-state index contributed by atoms with van der Waals surface area (Å²) in [6, 6.07) is 7.24. The predicted molar refractivity (Wildman–Crippen MR) is 137 cm³/mol. The van der Waals surface area contributed by atoms with Gasteiger partial charge in [0.05, 0.1) is 18.8 Å². The maximum absolute atomic E-state index is 15.1. The molecule has 7 nitrogen and oxygen atoms in total. The molecule has 2 heterocycles. The highest BCUT2D eigenvalue weighted by Gasteiger charge is 2.38. The molecule has 0 radical (unpaired) electrons. The summed E-state index contributed by atoms with van der Waals surface area (Å²) in [5.41, 5.74) is 1.61. The predicted octanol–water partition coefficient (Wildman–Crippen LogP) is 5.18. The van der Waals surface area contributed by atoms with E-state index in [1.807, 2.05) is 18.2 Å². The van der Waals surface area contributed by atoms with Gasteiger partial charge in [0.25, 0.3) is 5.91 Å². The summed E-state index contributed by atoms with van der Waals surface area (Å²) in [6.07, 6.45) is 3.77. The molecule has 3 aliphatic rings. The van der Waals surface area contributed by atoms with Gasteiger partial charge in [-0.1, -0.05) is 29.3 Å². The summed E-state index contributed by atoms with van der Waals surface area (Å²) in [4.78, 5) is 27.8. The number of amides is 1. The zero-order valence-corrected chi connectivity index (χ0v) is 21.8. The van der Waals surface area contributed by atoms with Crippen LogP contribution in [0.4, 0.5) is 4.39 Å². The number of rotatable bonds is 8. The third kappa shape index (κ3) is 5.87. The van der Waals surface area contributed by atoms with E-state index in [4.69, 9.17) is 32.7 Å². The molecule has 2 aromatic rings. The molecular weight excluding hydrogens is 522 g/mol. The quantitative estimate of drug-likeness (QED) is 0.487. The lowest BCUT2D eigenvalue weighted by Gasteiger charge is -2.32. The van der Waals surface area contributed by atoms with E-state index >= 15 is 4.39 Å². The number of carboxylic acids is 1. The molecule has 0 bridgehead atoms. The molecule has 0 spiro atoms. The van der Waals surface area contributed by atoms with Crippen LogP contribution in [-0.4, -0.2) is 65.9 Å². The van der Waals surface area contributed by atoms with Crippen LogP contribution < -0.4 is 4.74 Å². The molecule has 1 amide bonds. The summed E-state index contributed by atoms with van der Waals surface area (Å²) >= 11 is 12.6. The number of carboxylic acid groups (broad SMARTS) is 1. The standard InChI is InChI=1S/C27H29Cl2FN2O5/c28-21-2-1-3-22(29)20(21)12-31-8-6-16(7-9-31)13-37-25-11-23(30)19(10-18(25)17-4-5-17)26(33)32-15-36-14-24(32)27(34)35/h1-3,10-11,16-17,24H,4-9,12-15H2,(H,34,35). The minimum absolute atomic E-state index is 0.108. The van der Waals surface area contributed by atoms with E-state index in [2.05, 4.69) is 4.90 Å². The lowest BCUT2D eigenvalue weighted by atomic mass is 9.97. The van der Waals surface area contributed by atoms with Crippen LogP contribution in [0.3, 0.4) is 0 Å². The zero-order chi connectivity index (χ0) is 26.1. The minimum atomic E-state index is -1.17. The Balaban J connectivity index is 1.21. The van der Waals surface area contributed by atoms with Gasteiger partial charge < -0.3 is 14.6 Å². The molecule has 198 valence electrons. The van der Waals surface area contributed by atoms with Crippen LogP contribution in [0.25, 0.3) is 0 Å². The van der Waals surface area contributed by atoms with E-state index in [0.717, 1.165) is 54.8 Å². The van der Waals surface area contributed by atoms with Gasteiger partial charge in [0.15, 0.2) is 6.04 Å². The normalized spacial score (nSPS) is 20.8. The number of ether oxygens (including phenoxy) is 2. The minimum Gasteiger partial charge on any atom is -0.493 e. The maximum atomic E-state index is 15.1. The SMILES string of the molecule is O=C(O)C1COCN1C(=O)c1cc(C2CC2)c(OCC2CCN(Cc3c(Cl)cccc3Cl)CC2)cc1F. The van der Waals surface area contributed by atoms with Crippen LogP contribution >= 0.6 is 23.2 Å². The van der Waals surface area contributed by atoms with Gasteiger partial charge in [-0.15, -0.1) is 0 Å². The Bertz CT molecular complexity index is 1160. The molecule has 2 aromatic carbocycles. The summed E-state index contributed by atoms with van der Waals surface area (Å²) in [5, 5.41) is 10.7. The fourth-order valence-corrected chi connectivity index (χ4v) is 5.52. The molecule has 2 aliphatic heterocycles. The largest absolute Gasteiger partial charge is 0.493 e. The van der Waals surface area contributed by atoms with Crippen molar-refractivity contribution in [2.75, 3.05) is 33.0 Å². The van der Waals surface area contributed by atoms with E-state index in [-0.39, 0.29) is 24.8 Å². The molecule has 3 fully saturated rings. The number of carbonyl (C=O) groups is 2. The highest BCUT2D eigenvalue weighted by molar-refractivity contribution is 6.35. The molecular formula is C27H29Cl2FN2O5. The molecule has 5 rings (SSSR count). The first-order valence-corrected chi connectivity index (χ1v) is 13.3. The van der Waals surface area contributed by atoms with Crippen molar-refractivity contribution in [1.29, 1.82) is 0 Å². The Morgan fingerprint density at radius 1 is 1.11 bits per heavy atom. The lowest BCUT2D eigenvalue weighted by molar-refractivity contribution is -0.141. The van der Waals surface area contributed by atoms with Crippen molar-refractivity contribution < 1.29 is 28.6 Å². The van der Waals surface area contributed by atoms with Crippen molar-refractivity contribution in [3.8, 4) is 5.75 Å². The molecule has 0 aromatic heterocycles. The molecule has 2 saturated heterocycles. The molecule has 1 aliphatic carbocycles. The molecule has 1 atom stereocenters. The van der Waals surface area contributed by atoms with Crippen molar-refractivity contribution in [2.24, 2.45) is 5.92 Å². The summed E-state index contributed by atoms with van der Waals surface area (Å²) in [5.74, 6) is -1.56. The van der Waals surface area contributed by atoms with Crippen molar-refractivity contribution in [2.45, 2.75) is 44.2 Å². The van der Waals surface area contributed by atoms with E-state index in [0.29, 0.717) is 34.9 Å². The number of carbonyl (C=O) groups excluding carboxylic acids is 1. The summed E-state index contributed by atoms with van der Waals surface area (Å²) in [6.45, 7) is 2.65. The second kappa shape index (κ2) is 11.2. The van der Waals surface area contributed by atoms with E-state index in [1.54, 1.807) is 0 Å². The van der Waals surface area contributed by atoms with Gasteiger partial charge in [-0.05, 0) is 74.4 Å². The van der Waals surface area contributed by atoms with Gasteiger partial charge >= 0.3 is 5.97 Å². The van der Waals surface area contributed by atoms with Gasteiger partial charge in [-0.25, -0.2) is 9.18 Å². The Morgan fingerprint density at radius 3 is 2.46 bits per heavy atom. The average molecular weight is 551 g/mol. The molecule has 1 unspecified atom stereocenters. The number of hydrogen-bond donors (Lipinski definition) is 1. The fourth-order valence-electron chi connectivity index (χ4n) is 5.00. The maximum Gasteiger partial charge on any atom is 0.328 e. The lowest BCUT2D eigenvalue weighted by Crippen LogP contribution is -2.42. The Hall–Kier alpha value is -2.39. The average Bonchev–Trinajstić information content (AvgIpc) is 3.60. The van der Waals surface area contributed by atoms with Gasteiger partial charge in [-0.2, -0.15) is 0 Å². The van der Waals surface area contributed by atoms with Crippen molar-refractivity contribution in [1.82, 2.24) is 9.80 Å². The van der Waals surface area contributed by atoms with Gasteiger partial charge in [0.1, 0.15) is 18.3 Å². The summed E-state index contributed by atoms with van der Waals surface area (Å²) < 4.78 is 26.4. The van der Waals surface area contributed by atoms with E-state index < -0.39 is 23.7 Å². The fraction of sp³-hybridized carbons (Fsp3) is 0.481. The van der Waals surface area contributed by atoms with Crippen molar-refractivity contribution >= 4 is 35.1 Å². The number of likely N-dealkylation sites (tertiary alicyclic amines) is 1. The first kappa shape index (κ1) is 26.2. The van der Waals surface area contributed by atoms with Crippen LogP contribution in [0.1, 0.15) is 53.1 Å². The zero-order valence-electron chi connectivity index (χ0n) is 20.3. The van der Waals surface area contributed by atoms with Gasteiger partial charge in [-0.3, -0.25) is 14.6 Å². The Morgan fingerprint density at radius 2 is 1.81 bits per heavy atom.